The average Bonchev–Trinajstić information content (AvgIpc) is 2.47. The summed E-state index contributed by atoms with van der Waals surface area (Å²) in [6.45, 7) is 1.25. The Morgan fingerprint density at radius 3 is 2.86 bits per heavy atom. The predicted octanol–water partition coefficient (Wildman–Crippen LogP) is 2.52. The number of hydrogen-bond donors (Lipinski definition) is 1. The van der Waals surface area contributed by atoms with Crippen molar-refractivity contribution in [3.05, 3.63) is 34.9 Å². The van der Waals surface area contributed by atoms with Gasteiger partial charge >= 0.3 is 0 Å². The van der Waals surface area contributed by atoms with E-state index in [0.717, 1.165) is 5.02 Å². The van der Waals surface area contributed by atoms with Crippen molar-refractivity contribution in [3.63, 3.8) is 0 Å². The molecule has 1 fully saturated rings. The molecule has 0 spiro atoms. The van der Waals surface area contributed by atoms with E-state index in [4.69, 9.17) is 11.6 Å². The highest BCUT2D eigenvalue weighted by Gasteiger charge is 2.18. The summed E-state index contributed by atoms with van der Waals surface area (Å²) in [6, 6.07) is 8.83. The second-order valence-electron chi connectivity index (χ2n) is 4.00. The molecule has 1 aromatic carbocycles. The van der Waals surface area contributed by atoms with Gasteiger partial charge in [0, 0.05) is 17.0 Å². The van der Waals surface area contributed by atoms with Crippen molar-refractivity contribution in [3.8, 4) is 0 Å². The molecular formula is C12H17ClN+. The van der Waals surface area contributed by atoms with Gasteiger partial charge in [-0.15, -0.1) is 0 Å². The molecule has 1 aliphatic heterocycles. The van der Waals surface area contributed by atoms with Gasteiger partial charge in [-0.2, -0.15) is 0 Å². The second-order valence-corrected chi connectivity index (χ2v) is 4.41. The zero-order chi connectivity index (χ0) is 9.80. The third-order valence-electron chi connectivity index (χ3n) is 2.98. The zero-order valence-electron chi connectivity index (χ0n) is 8.38. The Morgan fingerprint density at radius 2 is 2.00 bits per heavy atom. The van der Waals surface area contributed by atoms with E-state index in [9.17, 15) is 0 Å². The van der Waals surface area contributed by atoms with Crippen molar-refractivity contribution in [2.24, 2.45) is 0 Å². The lowest BCUT2D eigenvalue weighted by Gasteiger charge is -2.13. The SMILES string of the molecule is Clc1ccccc1[C@@H]1CCCCC[NH2+]1. The van der Waals surface area contributed by atoms with Gasteiger partial charge in [-0.3, -0.25) is 0 Å². The number of nitrogens with two attached hydrogens (primary N) is 1. The summed E-state index contributed by atoms with van der Waals surface area (Å²) in [5.74, 6) is 0. The van der Waals surface area contributed by atoms with Crippen LogP contribution in [0.15, 0.2) is 24.3 Å². The van der Waals surface area contributed by atoms with Gasteiger partial charge in [0.05, 0.1) is 6.54 Å². The van der Waals surface area contributed by atoms with Gasteiger partial charge in [0.25, 0.3) is 0 Å². The molecular weight excluding hydrogens is 194 g/mol. The van der Waals surface area contributed by atoms with Gasteiger partial charge in [0.1, 0.15) is 6.04 Å². The Balaban J connectivity index is 2.16. The van der Waals surface area contributed by atoms with Crippen LogP contribution in [-0.4, -0.2) is 6.54 Å². The highest BCUT2D eigenvalue weighted by molar-refractivity contribution is 6.31. The van der Waals surface area contributed by atoms with Gasteiger partial charge in [0.15, 0.2) is 0 Å². The molecule has 76 valence electrons. The van der Waals surface area contributed by atoms with E-state index in [0.29, 0.717) is 6.04 Å². The van der Waals surface area contributed by atoms with E-state index in [1.165, 1.54) is 37.8 Å². The second kappa shape index (κ2) is 4.81. The van der Waals surface area contributed by atoms with Crippen LogP contribution in [-0.2, 0) is 0 Å². The van der Waals surface area contributed by atoms with Gasteiger partial charge in [0.2, 0.25) is 0 Å². The molecule has 0 aromatic heterocycles. The maximum absolute atomic E-state index is 6.19. The van der Waals surface area contributed by atoms with Gasteiger partial charge in [-0.1, -0.05) is 29.8 Å². The van der Waals surface area contributed by atoms with E-state index in [2.05, 4.69) is 17.4 Å². The average molecular weight is 211 g/mol. The van der Waals surface area contributed by atoms with Crippen molar-refractivity contribution in [2.45, 2.75) is 31.7 Å². The highest BCUT2D eigenvalue weighted by Crippen LogP contribution is 2.24. The van der Waals surface area contributed by atoms with E-state index in [1.54, 1.807) is 0 Å². The molecule has 0 amide bonds. The maximum Gasteiger partial charge on any atom is 0.113 e. The molecule has 0 radical (unpaired) electrons. The van der Waals surface area contributed by atoms with Crippen LogP contribution >= 0.6 is 11.6 Å². The van der Waals surface area contributed by atoms with Crippen molar-refractivity contribution in [2.75, 3.05) is 6.54 Å². The summed E-state index contributed by atoms with van der Waals surface area (Å²) >= 11 is 6.19. The lowest BCUT2D eigenvalue weighted by molar-refractivity contribution is -0.694. The molecule has 0 saturated carbocycles. The molecule has 1 aromatic rings. The number of hydrogen-bond acceptors (Lipinski definition) is 0. The molecule has 1 atom stereocenters. The lowest BCUT2D eigenvalue weighted by Crippen LogP contribution is -2.84. The van der Waals surface area contributed by atoms with Crippen LogP contribution in [0.2, 0.25) is 5.02 Å². The quantitative estimate of drug-likeness (QED) is 0.734. The molecule has 0 bridgehead atoms. The van der Waals surface area contributed by atoms with Crippen LogP contribution in [0.25, 0.3) is 0 Å². The summed E-state index contributed by atoms with van der Waals surface area (Å²) in [6.07, 6.45) is 5.33. The molecule has 1 heterocycles. The van der Waals surface area contributed by atoms with Crippen molar-refractivity contribution >= 4 is 11.6 Å². The first-order valence-electron chi connectivity index (χ1n) is 5.45. The Hall–Kier alpha value is -0.530. The van der Waals surface area contributed by atoms with Crippen LogP contribution in [0.1, 0.15) is 37.3 Å². The zero-order valence-corrected chi connectivity index (χ0v) is 9.13. The molecule has 0 unspecified atom stereocenters. The molecule has 1 nitrogen and oxygen atoms in total. The van der Waals surface area contributed by atoms with Crippen molar-refractivity contribution in [1.82, 2.24) is 0 Å². The van der Waals surface area contributed by atoms with Crippen molar-refractivity contribution < 1.29 is 5.32 Å². The molecule has 1 saturated heterocycles. The minimum absolute atomic E-state index is 0.589. The monoisotopic (exact) mass is 210 g/mol. The third kappa shape index (κ3) is 2.28. The number of quaternary nitrogens is 1. The van der Waals surface area contributed by atoms with Crippen molar-refractivity contribution in [1.29, 1.82) is 0 Å². The third-order valence-corrected chi connectivity index (χ3v) is 3.32. The van der Waals surface area contributed by atoms with E-state index < -0.39 is 0 Å². The first-order valence-corrected chi connectivity index (χ1v) is 5.83. The predicted molar refractivity (Wildman–Crippen MR) is 59.5 cm³/mol. The van der Waals surface area contributed by atoms with E-state index in [1.807, 2.05) is 12.1 Å². The van der Waals surface area contributed by atoms with E-state index in [-0.39, 0.29) is 0 Å². The normalized spacial score (nSPS) is 23.1. The smallest absolute Gasteiger partial charge is 0.113 e. The summed E-state index contributed by atoms with van der Waals surface area (Å²) in [4.78, 5) is 0. The van der Waals surface area contributed by atoms with E-state index >= 15 is 0 Å². The molecule has 1 aliphatic rings. The fourth-order valence-electron chi connectivity index (χ4n) is 2.18. The number of halogens is 1. The molecule has 2 heteroatoms. The largest absolute Gasteiger partial charge is 0.340 e. The standard InChI is InChI=1S/C12H16ClN/c13-11-7-4-3-6-10(11)12-8-2-1-5-9-14-12/h3-4,6-7,12,14H,1-2,5,8-9H2/p+1/t12-/m0/s1. The van der Waals surface area contributed by atoms with Crippen LogP contribution in [0.4, 0.5) is 0 Å². The Labute approximate surface area is 90.5 Å². The van der Waals surface area contributed by atoms with Crippen LogP contribution in [0.5, 0.6) is 0 Å². The van der Waals surface area contributed by atoms with Gasteiger partial charge < -0.3 is 5.32 Å². The summed E-state index contributed by atoms with van der Waals surface area (Å²) in [7, 11) is 0. The maximum atomic E-state index is 6.19. The van der Waals surface area contributed by atoms with Crippen LogP contribution in [0, 0.1) is 0 Å². The summed E-state index contributed by atoms with van der Waals surface area (Å²) in [5.41, 5.74) is 1.32. The summed E-state index contributed by atoms with van der Waals surface area (Å²) in [5, 5.41) is 3.37. The molecule has 14 heavy (non-hydrogen) atoms. The Kier molecular flexibility index (Phi) is 3.44. The first kappa shape index (κ1) is 10.0. The Morgan fingerprint density at radius 1 is 1.14 bits per heavy atom. The number of benzene rings is 1. The van der Waals surface area contributed by atoms with Crippen LogP contribution < -0.4 is 5.32 Å². The topological polar surface area (TPSA) is 16.6 Å². The summed E-state index contributed by atoms with van der Waals surface area (Å²) < 4.78 is 0. The highest BCUT2D eigenvalue weighted by atomic mass is 35.5. The molecule has 0 aliphatic carbocycles. The molecule has 2 rings (SSSR count). The molecule has 2 N–H and O–H groups in total. The minimum Gasteiger partial charge on any atom is -0.340 e. The van der Waals surface area contributed by atoms with Gasteiger partial charge in [-0.25, -0.2) is 0 Å². The number of rotatable bonds is 1. The van der Waals surface area contributed by atoms with Crippen LogP contribution in [0.3, 0.4) is 0 Å². The lowest BCUT2D eigenvalue weighted by atomic mass is 10.0. The minimum atomic E-state index is 0.589. The fraction of sp³-hybridized carbons (Fsp3) is 0.500. The Bertz CT molecular complexity index is 290. The first-order chi connectivity index (χ1) is 6.88. The fourth-order valence-corrected chi connectivity index (χ4v) is 2.46. The van der Waals surface area contributed by atoms with Gasteiger partial charge in [-0.05, 0) is 25.3 Å².